The number of rotatable bonds is 1. The molecule has 2 heteroatoms. The second-order valence-corrected chi connectivity index (χ2v) is 4.50. The number of alkyl halides is 2. The van der Waals surface area contributed by atoms with Crippen molar-refractivity contribution in [2.75, 3.05) is 0 Å². The molecule has 0 aromatic heterocycles. The summed E-state index contributed by atoms with van der Waals surface area (Å²) >= 11 is 11.9. The molecule has 54 valence electrons. The highest BCUT2D eigenvalue weighted by atomic mass is 35.5. The van der Waals surface area contributed by atoms with Crippen LogP contribution in [0.4, 0.5) is 0 Å². The lowest BCUT2D eigenvalue weighted by molar-refractivity contribution is 0.498. The maximum Gasteiger partial charge on any atom is 0.127 e. The van der Waals surface area contributed by atoms with Gasteiger partial charge < -0.3 is 0 Å². The Kier molecular flexibility index (Phi) is 1.53. The second-order valence-electron chi connectivity index (χ2n) is 3.12. The first-order valence-corrected chi connectivity index (χ1v) is 4.10. The van der Waals surface area contributed by atoms with Crippen molar-refractivity contribution in [1.82, 2.24) is 0 Å². The Balaban J connectivity index is 2.70. The molecule has 1 rings (SSSR count). The average Bonchev–Trinajstić information content (AvgIpc) is 2.16. The Hall–Kier alpha value is 0.580. The van der Waals surface area contributed by atoms with Crippen LogP contribution in [-0.2, 0) is 0 Å². The second kappa shape index (κ2) is 1.79. The fourth-order valence-electron chi connectivity index (χ4n) is 1.34. The Morgan fingerprint density at radius 3 is 1.78 bits per heavy atom. The van der Waals surface area contributed by atoms with Gasteiger partial charge in [0, 0.05) is 5.41 Å². The minimum atomic E-state index is -0.443. The summed E-state index contributed by atoms with van der Waals surface area (Å²) in [5, 5.41) is 0. The zero-order chi connectivity index (χ0) is 7.28. The third-order valence-electron chi connectivity index (χ3n) is 2.91. The molecular weight excluding hydrogens is 155 g/mol. The van der Waals surface area contributed by atoms with Gasteiger partial charge in [-0.3, -0.25) is 0 Å². The molecule has 2 atom stereocenters. The standard InChI is InChI=1S/C7H12Cl2/c1-4-6(3)5(2)7(6,8)9/h5H,4H2,1-3H3. The minimum absolute atomic E-state index is 0.177. The van der Waals surface area contributed by atoms with Crippen LogP contribution in [0.2, 0.25) is 0 Å². The largest absolute Gasteiger partial charge is 0.127 e. The van der Waals surface area contributed by atoms with Crippen molar-refractivity contribution < 1.29 is 0 Å². The van der Waals surface area contributed by atoms with Crippen molar-refractivity contribution in [3.8, 4) is 0 Å². The molecule has 0 saturated heterocycles. The predicted molar refractivity (Wildman–Crippen MR) is 42.0 cm³/mol. The molecule has 0 N–H and O–H groups in total. The third kappa shape index (κ3) is 0.729. The van der Waals surface area contributed by atoms with E-state index in [0.717, 1.165) is 6.42 Å². The van der Waals surface area contributed by atoms with Gasteiger partial charge in [-0.1, -0.05) is 20.8 Å². The molecule has 0 radical (unpaired) electrons. The molecule has 0 amide bonds. The first-order valence-electron chi connectivity index (χ1n) is 3.34. The van der Waals surface area contributed by atoms with Gasteiger partial charge in [0.15, 0.2) is 0 Å². The smallest absolute Gasteiger partial charge is 0.101 e. The van der Waals surface area contributed by atoms with Crippen LogP contribution in [0.5, 0.6) is 0 Å². The topological polar surface area (TPSA) is 0 Å². The monoisotopic (exact) mass is 166 g/mol. The first-order chi connectivity index (χ1) is 3.97. The van der Waals surface area contributed by atoms with Crippen LogP contribution in [0.15, 0.2) is 0 Å². The van der Waals surface area contributed by atoms with E-state index in [1.807, 2.05) is 0 Å². The van der Waals surface area contributed by atoms with Crippen molar-refractivity contribution in [3.63, 3.8) is 0 Å². The van der Waals surface area contributed by atoms with Gasteiger partial charge in [-0.25, -0.2) is 0 Å². The summed E-state index contributed by atoms with van der Waals surface area (Å²) < 4.78 is -0.443. The van der Waals surface area contributed by atoms with Gasteiger partial charge >= 0.3 is 0 Å². The first kappa shape index (κ1) is 7.68. The van der Waals surface area contributed by atoms with Crippen molar-refractivity contribution in [3.05, 3.63) is 0 Å². The molecule has 0 heterocycles. The summed E-state index contributed by atoms with van der Waals surface area (Å²) in [5.41, 5.74) is 0.177. The highest BCUT2D eigenvalue weighted by Gasteiger charge is 2.69. The average molecular weight is 167 g/mol. The number of halogens is 2. The van der Waals surface area contributed by atoms with Crippen LogP contribution >= 0.6 is 23.2 Å². The summed E-state index contributed by atoms with van der Waals surface area (Å²) in [7, 11) is 0. The fraction of sp³-hybridized carbons (Fsp3) is 1.00. The van der Waals surface area contributed by atoms with E-state index in [1.54, 1.807) is 0 Å². The fourth-order valence-corrected chi connectivity index (χ4v) is 2.31. The Morgan fingerprint density at radius 2 is 1.78 bits per heavy atom. The highest BCUT2D eigenvalue weighted by Crippen LogP contribution is 2.70. The van der Waals surface area contributed by atoms with Gasteiger partial charge in [0.25, 0.3) is 0 Å². The van der Waals surface area contributed by atoms with E-state index in [2.05, 4.69) is 20.8 Å². The molecule has 9 heavy (non-hydrogen) atoms. The maximum atomic E-state index is 5.96. The van der Waals surface area contributed by atoms with Gasteiger partial charge in [0.1, 0.15) is 4.33 Å². The molecule has 0 spiro atoms. The molecule has 0 bridgehead atoms. The minimum Gasteiger partial charge on any atom is -0.101 e. The zero-order valence-electron chi connectivity index (χ0n) is 6.04. The molecule has 2 unspecified atom stereocenters. The molecule has 0 aromatic rings. The van der Waals surface area contributed by atoms with Crippen molar-refractivity contribution in [1.29, 1.82) is 0 Å². The van der Waals surface area contributed by atoms with E-state index < -0.39 is 4.33 Å². The quantitative estimate of drug-likeness (QED) is 0.526. The van der Waals surface area contributed by atoms with Gasteiger partial charge in [0.2, 0.25) is 0 Å². The lowest BCUT2D eigenvalue weighted by Gasteiger charge is -2.05. The number of hydrogen-bond donors (Lipinski definition) is 0. The van der Waals surface area contributed by atoms with Gasteiger partial charge in [0.05, 0.1) is 0 Å². The molecule has 0 nitrogen and oxygen atoms in total. The van der Waals surface area contributed by atoms with Gasteiger partial charge in [-0.15, -0.1) is 23.2 Å². The summed E-state index contributed by atoms with van der Waals surface area (Å²) in [4.78, 5) is 0. The van der Waals surface area contributed by atoms with Crippen LogP contribution < -0.4 is 0 Å². The van der Waals surface area contributed by atoms with E-state index in [9.17, 15) is 0 Å². The molecular formula is C7H12Cl2. The summed E-state index contributed by atoms with van der Waals surface area (Å²) in [6.45, 7) is 6.37. The molecule has 0 aromatic carbocycles. The maximum absolute atomic E-state index is 5.96. The van der Waals surface area contributed by atoms with Crippen LogP contribution in [0.25, 0.3) is 0 Å². The van der Waals surface area contributed by atoms with Crippen LogP contribution in [-0.4, -0.2) is 4.33 Å². The van der Waals surface area contributed by atoms with Gasteiger partial charge in [-0.2, -0.15) is 0 Å². The SMILES string of the molecule is CCC1(C)C(C)C1(Cl)Cl. The predicted octanol–water partition coefficient (Wildman–Crippen LogP) is 3.23. The normalized spacial score (nSPS) is 47.0. The van der Waals surface area contributed by atoms with Gasteiger partial charge in [-0.05, 0) is 12.3 Å². The van der Waals surface area contributed by atoms with E-state index in [-0.39, 0.29) is 5.41 Å². The Bertz CT molecular complexity index is 131. The summed E-state index contributed by atoms with van der Waals surface area (Å²) in [5.74, 6) is 0.457. The highest BCUT2D eigenvalue weighted by molar-refractivity contribution is 6.51. The van der Waals surface area contributed by atoms with E-state index in [0.29, 0.717) is 5.92 Å². The molecule has 0 aliphatic heterocycles. The molecule has 1 fully saturated rings. The molecule has 1 aliphatic carbocycles. The van der Waals surface area contributed by atoms with E-state index >= 15 is 0 Å². The lowest BCUT2D eigenvalue weighted by Crippen LogP contribution is -2.01. The lowest BCUT2D eigenvalue weighted by atomic mass is 10.0. The van der Waals surface area contributed by atoms with Crippen LogP contribution in [0.3, 0.4) is 0 Å². The van der Waals surface area contributed by atoms with Crippen molar-refractivity contribution >= 4 is 23.2 Å². The Labute approximate surface area is 66.5 Å². The van der Waals surface area contributed by atoms with Crippen molar-refractivity contribution in [2.45, 2.75) is 31.5 Å². The molecule has 1 saturated carbocycles. The van der Waals surface area contributed by atoms with Crippen LogP contribution in [0.1, 0.15) is 27.2 Å². The summed E-state index contributed by atoms with van der Waals surface area (Å²) in [6, 6.07) is 0. The van der Waals surface area contributed by atoms with E-state index in [4.69, 9.17) is 23.2 Å². The third-order valence-corrected chi connectivity index (χ3v) is 4.43. The van der Waals surface area contributed by atoms with Crippen LogP contribution in [0, 0.1) is 11.3 Å². The van der Waals surface area contributed by atoms with Crippen molar-refractivity contribution in [2.24, 2.45) is 11.3 Å². The van der Waals surface area contributed by atoms with E-state index in [1.165, 1.54) is 0 Å². The Morgan fingerprint density at radius 1 is 1.44 bits per heavy atom. The number of hydrogen-bond acceptors (Lipinski definition) is 0. The molecule has 1 aliphatic rings. The summed E-state index contributed by atoms with van der Waals surface area (Å²) in [6.07, 6.45) is 1.07. The zero-order valence-corrected chi connectivity index (χ0v) is 7.55.